The maximum Gasteiger partial charge on any atom is 0.193 e. The molecule has 0 spiro atoms. The molecule has 35 heavy (non-hydrogen) atoms. The summed E-state index contributed by atoms with van der Waals surface area (Å²) in [4.78, 5) is 12.6. The molecule has 0 aromatic carbocycles. The monoisotopic (exact) mass is 518 g/mol. The first-order valence-electron chi connectivity index (χ1n) is 13.4. The van der Waals surface area contributed by atoms with Gasteiger partial charge < -0.3 is 8.85 Å². The highest BCUT2D eigenvalue weighted by Crippen LogP contribution is 2.41. The van der Waals surface area contributed by atoms with Crippen LogP contribution in [0.4, 0.5) is 0 Å². The molecule has 1 aliphatic rings. The molecule has 5 heteroatoms. The topological polar surface area (TPSA) is 35.5 Å². The number of Topliss-reactive ketones (excluding diaryl/α,β-unsaturated/α-hetero) is 1. The van der Waals surface area contributed by atoms with Crippen LogP contribution in [0.15, 0.2) is 23.8 Å². The number of hydrogen-bond acceptors (Lipinski definition) is 3. The molecule has 4 atom stereocenters. The average molecular weight is 519 g/mol. The van der Waals surface area contributed by atoms with E-state index in [0.29, 0.717) is 17.9 Å². The summed E-state index contributed by atoms with van der Waals surface area (Å²) in [6.45, 7) is 33.2. The summed E-state index contributed by atoms with van der Waals surface area (Å²) < 4.78 is 13.5. The van der Waals surface area contributed by atoms with E-state index in [0.717, 1.165) is 19.3 Å². The lowest BCUT2D eigenvalue weighted by atomic mass is 9.97. The van der Waals surface area contributed by atoms with E-state index in [-0.39, 0.29) is 34.0 Å². The van der Waals surface area contributed by atoms with Gasteiger partial charge in [0.2, 0.25) is 0 Å². The molecule has 1 saturated carbocycles. The fourth-order valence-corrected chi connectivity index (χ4v) is 6.22. The van der Waals surface area contributed by atoms with Crippen LogP contribution < -0.4 is 0 Å². The van der Waals surface area contributed by atoms with Crippen molar-refractivity contribution in [3.05, 3.63) is 23.8 Å². The molecule has 0 heterocycles. The number of hydrogen-bond donors (Lipinski definition) is 0. The highest BCUT2D eigenvalue weighted by molar-refractivity contribution is 6.74. The molecule has 0 aliphatic heterocycles. The standard InChI is InChI=1S/C30H54O3Si2/c1-22(2)16-15-17-23(3)20-25(32-34(11,12)29(5,6)7)18-19-26-24(4)27(31)21-28(26)33-35(13,14)30(8,9)10/h16,23,25-26,28H,4,15,17,20-21H2,1-3,5-14H3/t23-,25-,26-,28-/m1/s1. The van der Waals surface area contributed by atoms with Crippen LogP contribution in [0.5, 0.6) is 0 Å². The minimum atomic E-state index is -2.03. The van der Waals surface area contributed by atoms with Crippen LogP contribution in [0.25, 0.3) is 0 Å². The van der Waals surface area contributed by atoms with Gasteiger partial charge in [-0.25, -0.2) is 0 Å². The van der Waals surface area contributed by atoms with E-state index in [1.54, 1.807) is 0 Å². The van der Waals surface area contributed by atoms with E-state index in [2.05, 4.69) is 113 Å². The van der Waals surface area contributed by atoms with E-state index in [4.69, 9.17) is 8.85 Å². The summed E-state index contributed by atoms with van der Waals surface area (Å²) in [5.41, 5.74) is 1.96. The Kier molecular flexibility index (Phi) is 11.1. The molecule has 0 radical (unpaired) electrons. The van der Waals surface area contributed by atoms with Crippen LogP contribution >= 0.6 is 0 Å². The Labute approximate surface area is 219 Å². The summed E-state index contributed by atoms with van der Waals surface area (Å²) in [6.07, 6.45) is 5.45. The lowest BCUT2D eigenvalue weighted by Crippen LogP contribution is -2.45. The zero-order valence-electron chi connectivity index (χ0n) is 25.1. The van der Waals surface area contributed by atoms with Gasteiger partial charge in [0.25, 0.3) is 0 Å². The number of allylic oxidation sites excluding steroid dienone is 2. The lowest BCUT2D eigenvalue weighted by molar-refractivity contribution is -0.115. The predicted octanol–water partition coefficient (Wildman–Crippen LogP) is 8.69. The highest BCUT2D eigenvalue weighted by atomic mass is 28.4. The van der Waals surface area contributed by atoms with E-state index in [1.807, 2.05) is 0 Å². The number of carbonyl (C=O) groups excluding carboxylic acids is 1. The van der Waals surface area contributed by atoms with Gasteiger partial charge in [0.1, 0.15) is 6.10 Å². The molecule has 0 amide bonds. The van der Waals surface area contributed by atoms with Crippen molar-refractivity contribution in [2.45, 2.75) is 136 Å². The average Bonchev–Trinajstić information content (AvgIpc) is 2.90. The molecule has 0 aromatic rings. The van der Waals surface area contributed by atoms with Gasteiger partial charge >= 0.3 is 0 Å². The summed E-state index contributed by atoms with van der Waals surface area (Å²) in [5.74, 6) is 7.29. The molecular weight excluding hydrogens is 464 g/mol. The van der Waals surface area contributed by atoms with Gasteiger partial charge in [-0.15, -0.1) is 0 Å². The Morgan fingerprint density at radius 2 is 1.63 bits per heavy atom. The molecule has 0 bridgehead atoms. The fraction of sp³-hybridized carbons (Fsp3) is 0.767. The Morgan fingerprint density at radius 1 is 1.09 bits per heavy atom. The predicted molar refractivity (Wildman–Crippen MR) is 157 cm³/mol. The van der Waals surface area contributed by atoms with Crippen molar-refractivity contribution in [2.75, 3.05) is 0 Å². The third-order valence-electron chi connectivity index (χ3n) is 8.22. The lowest BCUT2D eigenvalue weighted by Gasteiger charge is -2.39. The van der Waals surface area contributed by atoms with Crippen molar-refractivity contribution in [1.29, 1.82) is 0 Å². The normalized spacial score (nSPS) is 21.4. The van der Waals surface area contributed by atoms with Crippen LogP contribution in [0.3, 0.4) is 0 Å². The van der Waals surface area contributed by atoms with Crippen molar-refractivity contribution in [2.24, 2.45) is 11.8 Å². The summed E-state index contributed by atoms with van der Waals surface area (Å²) in [7, 11) is -4.03. The number of ketones is 1. The summed E-state index contributed by atoms with van der Waals surface area (Å²) in [6, 6.07) is 0. The second-order valence-corrected chi connectivity index (χ2v) is 23.4. The quantitative estimate of drug-likeness (QED) is 0.132. The first-order valence-corrected chi connectivity index (χ1v) is 19.2. The Hall–Kier alpha value is -0.936. The van der Waals surface area contributed by atoms with Crippen molar-refractivity contribution < 1.29 is 13.6 Å². The summed E-state index contributed by atoms with van der Waals surface area (Å²) >= 11 is 0. The summed E-state index contributed by atoms with van der Waals surface area (Å²) in [5, 5.41) is 0.186. The van der Waals surface area contributed by atoms with Gasteiger partial charge in [-0.2, -0.15) is 0 Å². The SMILES string of the molecule is C=C1C(=O)C[C@@H](O[Si](C)(C)C(C)(C)C)[C@@H]1C#C[C@H](C[C@H](C)CCC=C(C)C)O[Si](C)(C)C(C)(C)C. The maximum absolute atomic E-state index is 12.6. The molecular formula is C30H54O3Si2. The van der Waals surface area contributed by atoms with Crippen molar-refractivity contribution in [3.63, 3.8) is 0 Å². The smallest absolute Gasteiger partial charge is 0.193 e. The zero-order chi connectivity index (χ0) is 27.4. The van der Waals surface area contributed by atoms with E-state index in [9.17, 15) is 4.79 Å². The molecule has 0 saturated heterocycles. The Balaban J connectivity index is 3.21. The van der Waals surface area contributed by atoms with E-state index < -0.39 is 16.6 Å². The van der Waals surface area contributed by atoms with Crippen LogP contribution in [-0.4, -0.2) is 34.6 Å². The molecule has 0 aromatic heterocycles. The highest BCUT2D eigenvalue weighted by Gasteiger charge is 2.45. The van der Waals surface area contributed by atoms with Crippen molar-refractivity contribution in [3.8, 4) is 11.8 Å². The Morgan fingerprint density at radius 3 is 2.11 bits per heavy atom. The fourth-order valence-electron chi connectivity index (χ4n) is 3.67. The second-order valence-electron chi connectivity index (χ2n) is 13.9. The van der Waals surface area contributed by atoms with Gasteiger partial charge in [-0.3, -0.25) is 4.79 Å². The first kappa shape index (κ1) is 32.1. The zero-order valence-corrected chi connectivity index (χ0v) is 27.1. The second kappa shape index (κ2) is 12.1. The third kappa shape index (κ3) is 9.46. The van der Waals surface area contributed by atoms with Gasteiger partial charge in [-0.1, -0.05) is 78.5 Å². The van der Waals surface area contributed by atoms with E-state index >= 15 is 0 Å². The molecule has 1 rings (SSSR count). The van der Waals surface area contributed by atoms with Gasteiger partial charge in [0.05, 0.1) is 12.0 Å². The van der Waals surface area contributed by atoms with Gasteiger partial charge in [0.15, 0.2) is 22.4 Å². The minimum Gasteiger partial charge on any atom is -0.412 e. The first-order chi connectivity index (χ1) is 15.7. The molecule has 0 unspecified atom stereocenters. The largest absolute Gasteiger partial charge is 0.412 e. The van der Waals surface area contributed by atoms with Gasteiger partial charge in [0, 0.05) is 12.0 Å². The molecule has 1 aliphatic carbocycles. The van der Waals surface area contributed by atoms with Crippen molar-refractivity contribution >= 4 is 22.4 Å². The molecule has 200 valence electrons. The van der Waals surface area contributed by atoms with Crippen LogP contribution in [0, 0.1) is 23.7 Å². The molecule has 1 fully saturated rings. The Bertz CT molecular complexity index is 840. The van der Waals surface area contributed by atoms with Gasteiger partial charge in [-0.05, 0) is 75.3 Å². The van der Waals surface area contributed by atoms with Crippen molar-refractivity contribution in [1.82, 2.24) is 0 Å². The minimum absolute atomic E-state index is 0.0760. The van der Waals surface area contributed by atoms with E-state index in [1.165, 1.54) is 5.57 Å². The number of rotatable bonds is 9. The third-order valence-corrected chi connectivity index (χ3v) is 17.2. The van der Waals surface area contributed by atoms with Crippen LogP contribution in [0.2, 0.25) is 36.3 Å². The maximum atomic E-state index is 12.6. The van der Waals surface area contributed by atoms with Crippen LogP contribution in [0.1, 0.15) is 88.0 Å². The molecule has 3 nitrogen and oxygen atoms in total. The number of carbonyl (C=O) groups is 1. The van der Waals surface area contributed by atoms with Crippen LogP contribution in [-0.2, 0) is 13.6 Å². The molecule has 0 N–H and O–H groups in total.